The van der Waals surface area contributed by atoms with Crippen molar-refractivity contribution in [2.24, 2.45) is 0 Å². The van der Waals surface area contributed by atoms with E-state index in [0.29, 0.717) is 5.69 Å². The van der Waals surface area contributed by atoms with Crippen LogP contribution >= 0.6 is 15.9 Å². The minimum absolute atomic E-state index is 0.256. The van der Waals surface area contributed by atoms with Crippen LogP contribution < -0.4 is 11.1 Å². The summed E-state index contributed by atoms with van der Waals surface area (Å²) < 4.78 is 2.96. The quantitative estimate of drug-likeness (QED) is 0.891. The second-order valence-corrected chi connectivity index (χ2v) is 5.94. The number of nitrogen functional groups attached to an aromatic ring is 1. The summed E-state index contributed by atoms with van der Waals surface area (Å²) in [5.41, 5.74) is 9.84. The lowest BCUT2D eigenvalue weighted by atomic mass is 10.2. The number of aryl methyl sites for hydroxylation is 2. The molecule has 3 N–H and O–H groups in total. The number of anilines is 3. The number of hydrogen-bond acceptors (Lipinski definition) is 3. The molecule has 0 aliphatic carbocycles. The lowest BCUT2D eigenvalue weighted by Gasteiger charge is -2.14. The van der Waals surface area contributed by atoms with Crippen LogP contribution in [-0.4, -0.2) is 9.78 Å². The predicted octanol–water partition coefficient (Wildman–Crippen LogP) is 4.17. The second kappa shape index (κ2) is 5.25. The molecule has 0 saturated heterocycles. The summed E-state index contributed by atoms with van der Waals surface area (Å²) in [4.78, 5) is 0. The molecule has 1 aromatic heterocycles. The van der Waals surface area contributed by atoms with Gasteiger partial charge in [0, 0.05) is 16.2 Å². The van der Waals surface area contributed by atoms with E-state index in [1.165, 1.54) is 5.56 Å². The van der Waals surface area contributed by atoms with Gasteiger partial charge in [0.15, 0.2) is 5.82 Å². The van der Waals surface area contributed by atoms with Crippen molar-refractivity contribution < 1.29 is 0 Å². The summed E-state index contributed by atoms with van der Waals surface area (Å²) in [5, 5.41) is 7.84. The number of nitrogens with zero attached hydrogens (tertiary/aromatic N) is 2. The van der Waals surface area contributed by atoms with Gasteiger partial charge in [-0.3, -0.25) is 0 Å². The predicted molar refractivity (Wildman–Crippen MR) is 83.9 cm³/mol. The van der Waals surface area contributed by atoms with Gasteiger partial charge in [-0.2, -0.15) is 5.10 Å². The van der Waals surface area contributed by atoms with Gasteiger partial charge in [-0.15, -0.1) is 0 Å². The van der Waals surface area contributed by atoms with Crippen LogP contribution in [0, 0.1) is 13.8 Å². The van der Waals surface area contributed by atoms with Crippen LogP contribution in [0.5, 0.6) is 0 Å². The molecule has 0 saturated carbocycles. The highest BCUT2D eigenvalue weighted by atomic mass is 79.9. The van der Waals surface area contributed by atoms with Gasteiger partial charge in [0.2, 0.25) is 0 Å². The zero-order valence-electron chi connectivity index (χ0n) is 11.7. The number of benzene rings is 1. The Kier molecular flexibility index (Phi) is 3.85. The van der Waals surface area contributed by atoms with Crippen LogP contribution in [-0.2, 0) is 0 Å². The summed E-state index contributed by atoms with van der Waals surface area (Å²) in [6.45, 7) is 8.16. The Morgan fingerprint density at radius 1 is 1.26 bits per heavy atom. The van der Waals surface area contributed by atoms with E-state index in [-0.39, 0.29) is 6.04 Å². The Morgan fingerprint density at radius 2 is 1.95 bits per heavy atom. The van der Waals surface area contributed by atoms with Gasteiger partial charge < -0.3 is 11.1 Å². The molecular weight excluding hydrogens is 304 g/mol. The Hall–Kier alpha value is -1.49. The summed E-state index contributed by atoms with van der Waals surface area (Å²) in [7, 11) is 0. The normalized spacial score (nSPS) is 11.1. The van der Waals surface area contributed by atoms with Gasteiger partial charge in [0.1, 0.15) is 0 Å². The van der Waals surface area contributed by atoms with Gasteiger partial charge in [-0.1, -0.05) is 15.9 Å². The average Bonchev–Trinajstić information content (AvgIpc) is 2.56. The van der Waals surface area contributed by atoms with Crippen LogP contribution in [0.3, 0.4) is 0 Å². The molecule has 0 amide bonds. The van der Waals surface area contributed by atoms with Crippen LogP contribution in [0.4, 0.5) is 17.2 Å². The van der Waals surface area contributed by atoms with Crippen LogP contribution in [0.1, 0.15) is 31.1 Å². The standard InChI is InChI=1S/C14H19BrN4/c1-8(2)19-14(13(16)10(4)18-19)17-12-6-9(3)5-11(15)7-12/h5-8,17H,16H2,1-4H3. The van der Waals surface area contributed by atoms with Crippen molar-refractivity contribution in [3.8, 4) is 0 Å². The van der Waals surface area contributed by atoms with Crippen LogP contribution in [0.15, 0.2) is 22.7 Å². The molecule has 0 unspecified atom stereocenters. The van der Waals surface area contributed by atoms with Gasteiger partial charge in [-0.05, 0) is 51.5 Å². The third-order valence-electron chi connectivity index (χ3n) is 2.93. The SMILES string of the molecule is Cc1cc(Br)cc(Nc2c(N)c(C)nn2C(C)C)c1. The molecule has 0 spiro atoms. The highest BCUT2D eigenvalue weighted by molar-refractivity contribution is 9.10. The number of nitrogens with two attached hydrogens (primary N) is 1. The van der Waals surface area contributed by atoms with Crippen LogP contribution in [0.25, 0.3) is 0 Å². The minimum atomic E-state index is 0.256. The van der Waals surface area contributed by atoms with E-state index >= 15 is 0 Å². The molecule has 102 valence electrons. The highest BCUT2D eigenvalue weighted by Gasteiger charge is 2.15. The third kappa shape index (κ3) is 2.92. The van der Waals surface area contributed by atoms with Crippen molar-refractivity contribution >= 4 is 33.1 Å². The Bertz CT molecular complexity index is 581. The van der Waals surface area contributed by atoms with Crippen molar-refractivity contribution in [2.75, 3.05) is 11.1 Å². The monoisotopic (exact) mass is 322 g/mol. The number of halogens is 1. The van der Waals surface area contributed by atoms with E-state index in [4.69, 9.17) is 5.73 Å². The van der Waals surface area contributed by atoms with E-state index < -0.39 is 0 Å². The fourth-order valence-electron chi connectivity index (χ4n) is 2.00. The molecule has 0 bridgehead atoms. The maximum Gasteiger partial charge on any atom is 0.152 e. The topological polar surface area (TPSA) is 55.9 Å². The van der Waals surface area contributed by atoms with Gasteiger partial charge in [-0.25, -0.2) is 4.68 Å². The van der Waals surface area contributed by atoms with Crippen molar-refractivity contribution in [3.63, 3.8) is 0 Å². The first-order valence-corrected chi connectivity index (χ1v) is 7.06. The van der Waals surface area contributed by atoms with E-state index in [9.17, 15) is 0 Å². The molecule has 0 aliphatic rings. The molecular formula is C14H19BrN4. The van der Waals surface area contributed by atoms with E-state index in [2.05, 4.69) is 59.2 Å². The van der Waals surface area contributed by atoms with Crippen molar-refractivity contribution in [1.82, 2.24) is 9.78 Å². The fraction of sp³-hybridized carbons (Fsp3) is 0.357. The molecule has 2 rings (SSSR count). The molecule has 4 nitrogen and oxygen atoms in total. The zero-order valence-corrected chi connectivity index (χ0v) is 13.2. The zero-order chi connectivity index (χ0) is 14.2. The molecule has 19 heavy (non-hydrogen) atoms. The molecule has 1 heterocycles. The first-order chi connectivity index (χ1) is 8.88. The Balaban J connectivity index is 2.42. The number of nitrogens with one attached hydrogen (secondary N) is 1. The summed E-state index contributed by atoms with van der Waals surface area (Å²) in [6.07, 6.45) is 0. The van der Waals surface area contributed by atoms with Crippen molar-refractivity contribution in [1.29, 1.82) is 0 Å². The fourth-order valence-corrected chi connectivity index (χ4v) is 2.61. The molecule has 1 aromatic carbocycles. The molecule has 5 heteroatoms. The van der Waals surface area contributed by atoms with Gasteiger partial charge >= 0.3 is 0 Å². The molecule has 0 atom stereocenters. The van der Waals surface area contributed by atoms with Gasteiger partial charge in [0.25, 0.3) is 0 Å². The van der Waals surface area contributed by atoms with Crippen molar-refractivity contribution in [3.05, 3.63) is 33.9 Å². The van der Waals surface area contributed by atoms with Crippen LogP contribution in [0.2, 0.25) is 0 Å². The molecule has 2 aromatic rings. The smallest absolute Gasteiger partial charge is 0.152 e. The van der Waals surface area contributed by atoms with E-state index in [0.717, 1.165) is 21.7 Å². The summed E-state index contributed by atoms with van der Waals surface area (Å²) in [6, 6.07) is 6.43. The van der Waals surface area contributed by atoms with E-state index in [1.807, 2.05) is 17.7 Å². The largest absolute Gasteiger partial charge is 0.394 e. The van der Waals surface area contributed by atoms with E-state index in [1.54, 1.807) is 0 Å². The lowest BCUT2D eigenvalue weighted by Crippen LogP contribution is -2.08. The van der Waals surface area contributed by atoms with Gasteiger partial charge in [0.05, 0.1) is 11.4 Å². The Morgan fingerprint density at radius 3 is 2.53 bits per heavy atom. The average molecular weight is 323 g/mol. The third-order valence-corrected chi connectivity index (χ3v) is 3.38. The number of hydrogen-bond donors (Lipinski definition) is 2. The maximum absolute atomic E-state index is 6.11. The summed E-state index contributed by atoms with van der Waals surface area (Å²) >= 11 is 3.50. The maximum atomic E-state index is 6.11. The second-order valence-electron chi connectivity index (χ2n) is 5.03. The molecule has 0 fully saturated rings. The lowest BCUT2D eigenvalue weighted by molar-refractivity contribution is 0.536. The first kappa shape index (κ1) is 13.9. The number of aromatic nitrogens is 2. The first-order valence-electron chi connectivity index (χ1n) is 6.27. The van der Waals surface area contributed by atoms with Crippen molar-refractivity contribution in [2.45, 2.75) is 33.7 Å². The minimum Gasteiger partial charge on any atom is -0.394 e. The molecule has 0 aliphatic heterocycles. The molecule has 0 radical (unpaired) electrons. The summed E-state index contributed by atoms with van der Waals surface area (Å²) in [5.74, 6) is 0.852. The highest BCUT2D eigenvalue weighted by Crippen LogP contribution is 2.30. The Labute approximate surface area is 122 Å². The number of rotatable bonds is 3.